The number of rotatable bonds is 7. The molecule has 13 heteroatoms. The molecule has 2 fully saturated rings. The molecule has 6 rings (SSSR count). The van der Waals surface area contributed by atoms with Crippen molar-refractivity contribution in [3.63, 3.8) is 0 Å². The molecular weight excluding hydrogens is 562 g/mol. The molecule has 0 radical (unpaired) electrons. The van der Waals surface area contributed by atoms with Crippen LogP contribution in [-0.2, 0) is 14.3 Å². The molecule has 42 heavy (non-hydrogen) atoms. The van der Waals surface area contributed by atoms with Gasteiger partial charge in [-0.2, -0.15) is 4.68 Å². The molecule has 216 valence electrons. The molecule has 2 amide bonds. The number of carboxylic acids is 1. The molecule has 3 N–H and O–H groups in total. The van der Waals surface area contributed by atoms with E-state index in [1.807, 2.05) is 0 Å². The number of anilines is 1. The summed E-state index contributed by atoms with van der Waals surface area (Å²) in [6, 6.07) is 11.2. The molecule has 2 aliphatic rings. The number of tetrazole rings is 1. The van der Waals surface area contributed by atoms with Gasteiger partial charge in [0.15, 0.2) is 0 Å². The summed E-state index contributed by atoms with van der Waals surface area (Å²) in [5.74, 6) is -1.41. The van der Waals surface area contributed by atoms with Crippen LogP contribution >= 0.6 is 11.6 Å². The minimum absolute atomic E-state index is 0.0243. The molecule has 4 heterocycles. The second kappa shape index (κ2) is 11.7. The number of aromatic carboxylic acids is 1. The fourth-order valence-electron chi connectivity index (χ4n) is 5.97. The van der Waals surface area contributed by atoms with Crippen molar-refractivity contribution >= 4 is 52.1 Å². The molecule has 2 aliphatic heterocycles. The van der Waals surface area contributed by atoms with Gasteiger partial charge in [0.05, 0.1) is 5.69 Å². The number of carboxylic acid groups (broad SMARTS) is 1. The summed E-state index contributed by atoms with van der Waals surface area (Å²) < 4.78 is 7.04. The van der Waals surface area contributed by atoms with E-state index in [9.17, 15) is 19.5 Å². The summed E-state index contributed by atoms with van der Waals surface area (Å²) in [4.78, 5) is 43.3. The minimum atomic E-state index is -1.06. The van der Waals surface area contributed by atoms with Crippen molar-refractivity contribution in [3.8, 4) is 5.69 Å². The number of nitrogens with one attached hydrogen (secondary N) is 2. The maximum absolute atomic E-state index is 13.9. The van der Waals surface area contributed by atoms with E-state index < -0.39 is 12.0 Å². The van der Waals surface area contributed by atoms with Crippen LogP contribution in [0.25, 0.3) is 22.7 Å². The predicted molar refractivity (Wildman–Crippen MR) is 154 cm³/mol. The number of likely N-dealkylation sites (tertiary alicyclic amines) is 1. The van der Waals surface area contributed by atoms with Crippen molar-refractivity contribution in [2.24, 2.45) is 11.8 Å². The Morgan fingerprint density at radius 1 is 1.10 bits per heavy atom. The molecule has 0 bridgehead atoms. The minimum Gasteiger partial charge on any atom is -0.477 e. The first-order valence-corrected chi connectivity index (χ1v) is 14.0. The SMILES string of the molecule is O=C(O)c1cc2cc(NC(=O)[C@@H]3[C@H](C4CCOCC4)CCN3C(=O)/C=C/c3cc(Cl)ccc3-n3cnnn3)ccc2[nH]1. The van der Waals surface area contributed by atoms with E-state index in [-0.39, 0.29) is 29.3 Å². The monoisotopic (exact) mass is 589 g/mol. The van der Waals surface area contributed by atoms with E-state index in [0.717, 1.165) is 12.8 Å². The summed E-state index contributed by atoms with van der Waals surface area (Å²) in [5.41, 5.74) is 2.53. The van der Waals surface area contributed by atoms with Crippen LogP contribution < -0.4 is 5.32 Å². The van der Waals surface area contributed by atoms with Crippen molar-refractivity contribution in [2.45, 2.75) is 25.3 Å². The summed E-state index contributed by atoms with van der Waals surface area (Å²) in [5, 5.41) is 24.7. The van der Waals surface area contributed by atoms with E-state index in [4.69, 9.17) is 16.3 Å². The van der Waals surface area contributed by atoms with Gasteiger partial charge in [0.25, 0.3) is 0 Å². The van der Waals surface area contributed by atoms with Crippen LogP contribution in [0.2, 0.25) is 5.02 Å². The Bertz CT molecular complexity index is 1660. The standard InChI is InChI=1S/C29H28ClN7O5/c30-20-2-5-25(37-16-31-34-35-37)18(13-20)1-6-26(38)36-10-7-22(17-8-11-42-12-9-17)27(36)28(39)32-21-3-4-23-19(14-21)15-24(33-23)29(40)41/h1-6,13-17,22,27,33H,7-12H2,(H,32,39)(H,40,41)/b6-1+/t22-,27-/m0/s1. The first-order chi connectivity index (χ1) is 20.4. The molecule has 0 unspecified atom stereocenters. The number of halogens is 1. The molecule has 4 aromatic rings. The lowest BCUT2D eigenvalue weighted by Gasteiger charge is -2.33. The van der Waals surface area contributed by atoms with E-state index in [1.54, 1.807) is 47.4 Å². The van der Waals surface area contributed by atoms with Gasteiger partial charge >= 0.3 is 5.97 Å². The number of amides is 2. The Labute approximate surface area is 245 Å². The number of carbonyl (C=O) groups is 3. The second-order valence-electron chi connectivity index (χ2n) is 10.4. The summed E-state index contributed by atoms with van der Waals surface area (Å²) in [6.45, 7) is 1.71. The number of aromatic amines is 1. The molecule has 0 aliphatic carbocycles. The summed E-state index contributed by atoms with van der Waals surface area (Å²) >= 11 is 6.24. The number of hydrogen-bond acceptors (Lipinski definition) is 7. The fourth-order valence-corrected chi connectivity index (χ4v) is 6.16. The third-order valence-electron chi connectivity index (χ3n) is 7.98. The van der Waals surface area contributed by atoms with Crippen LogP contribution in [0.4, 0.5) is 5.69 Å². The molecule has 2 atom stereocenters. The first-order valence-electron chi connectivity index (χ1n) is 13.6. The topological polar surface area (TPSA) is 155 Å². The zero-order valence-electron chi connectivity index (χ0n) is 22.4. The lowest BCUT2D eigenvalue weighted by molar-refractivity contribution is -0.134. The van der Waals surface area contributed by atoms with Crippen molar-refractivity contribution in [2.75, 3.05) is 25.1 Å². The molecule has 0 spiro atoms. The lowest BCUT2D eigenvalue weighted by atomic mass is 9.81. The second-order valence-corrected chi connectivity index (χ2v) is 10.9. The Morgan fingerprint density at radius 2 is 1.93 bits per heavy atom. The van der Waals surface area contributed by atoms with Gasteiger partial charge in [-0.3, -0.25) is 9.59 Å². The first kappa shape index (κ1) is 27.6. The van der Waals surface area contributed by atoms with Crippen molar-refractivity contribution in [3.05, 3.63) is 71.1 Å². The van der Waals surface area contributed by atoms with Crippen LogP contribution in [0.3, 0.4) is 0 Å². The molecule has 2 aromatic carbocycles. The fraction of sp³-hybridized carbons (Fsp3) is 0.310. The van der Waals surface area contributed by atoms with Gasteiger partial charge < -0.3 is 25.0 Å². The van der Waals surface area contributed by atoms with Gasteiger partial charge in [0.1, 0.15) is 18.1 Å². The quantitative estimate of drug-likeness (QED) is 0.275. The van der Waals surface area contributed by atoms with Crippen molar-refractivity contribution < 1.29 is 24.2 Å². The number of fused-ring (bicyclic) bond motifs is 1. The van der Waals surface area contributed by atoms with E-state index in [2.05, 4.69) is 25.8 Å². The third kappa shape index (κ3) is 5.63. The maximum Gasteiger partial charge on any atom is 0.352 e. The number of benzene rings is 2. The van der Waals surface area contributed by atoms with Gasteiger partial charge in [0, 0.05) is 53.0 Å². The van der Waals surface area contributed by atoms with E-state index >= 15 is 0 Å². The van der Waals surface area contributed by atoms with Gasteiger partial charge in [-0.05, 0) is 90.1 Å². The highest BCUT2D eigenvalue weighted by Crippen LogP contribution is 2.37. The van der Waals surface area contributed by atoms with Crippen LogP contribution in [0.5, 0.6) is 0 Å². The Hall–Kier alpha value is -4.55. The number of ether oxygens (including phenoxy) is 1. The molecule has 2 aromatic heterocycles. The summed E-state index contributed by atoms with van der Waals surface area (Å²) in [6.07, 6.45) is 6.92. The van der Waals surface area contributed by atoms with Crippen LogP contribution in [0.15, 0.2) is 54.9 Å². The average Bonchev–Trinajstić information content (AvgIpc) is 3.76. The van der Waals surface area contributed by atoms with Gasteiger partial charge in [-0.25, -0.2) is 4.79 Å². The zero-order chi connectivity index (χ0) is 29.2. The summed E-state index contributed by atoms with van der Waals surface area (Å²) in [7, 11) is 0. The number of nitrogens with zero attached hydrogens (tertiary/aromatic N) is 5. The molecule has 2 saturated heterocycles. The van der Waals surface area contributed by atoms with E-state index in [1.165, 1.54) is 23.2 Å². The van der Waals surface area contributed by atoms with Crippen molar-refractivity contribution in [1.29, 1.82) is 0 Å². The van der Waals surface area contributed by atoms with Gasteiger partial charge in [-0.15, -0.1) is 5.10 Å². The van der Waals surface area contributed by atoms with Gasteiger partial charge in [0.2, 0.25) is 11.8 Å². The zero-order valence-corrected chi connectivity index (χ0v) is 23.2. The predicted octanol–water partition coefficient (Wildman–Crippen LogP) is 3.79. The Kier molecular flexibility index (Phi) is 7.72. The number of aromatic nitrogens is 5. The highest BCUT2D eigenvalue weighted by molar-refractivity contribution is 6.30. The highest BCUT2D eigenvalue weighted by atomic mass is 35.5. The largest absolute Gasteiger partial charge is 0.477 e. The third-order valence-corrected chi connectivity index (χ3v) is 8.21. The lowest BCUT2D eigenvalue weighted by Crippen LogP contribution is -2.47. The number of hydrogen-bond donors (Lipinski definition) is 3. The number of carbonyl (C=O) groups excluding carboxylic acids is 2. The number of H-pyrrole nitrogens is 1. The molecular formula is C29H28ClN7O5. The highest BCUT2D eigenvalue weighted by Gasteiger charge is 2.45. The van der Waals surface area contributed by atoms with Crippen LogP contribution in [-0.4, -0.2) is 78.8 Å². The van der Waals surface area contributed by atoms with E-state index in [0.29, 0.717) is 59.0 Å². The average molecular weight is 590 g/mol. The smallest absolute Gasteiger partial charge is 0.352 e. The van der Waals surface area contributed by atoms with Gasteiger partial charge in [-0.1, -0.05) is 11.6 Å². The molecule has 12 nitrogen and oxygen atoms in total. The van der Waals surface area contributed by atoms with Crippen LogP contribution in [0, 0.1) is 11.8 Å². The maximum atomic E-state index is 13.9. The normalized spacial score (nSPS) is 19.5. The Morgan fingerprint density at radius 3 is 2.69 bits per heavy atom. The molecule has 0 saturated carbocycles. The van der Waals surface area contributed by atoms with Crippen LogP contribution in [0.1, 0.15) is 35.3 Å². The van der Waals surface area contributed by atoms with Crippen molar-refractivity contribution in [1.82, 2.24) is 30.1 Å². The Balaban J connectivity index is 1.26.